The second-order valence-electron chi connectivity index (χ2n) is 4.50. The third kappa shape index (κ3) is 0.800. The van der Waals surface area contributed by atoms with E-state index in [2.05, 4.69) is 0 Å². The summed E-state index contributed by atoms with van der Waals surface area (Å²) in [6.07, 6.45) is 6.19. The van der Waals surface area contributed by atoms with Crippen molar-refractivity contribution in [3.63, 3.8) is 0 Å². The van der Waals surface area contributed by atoms with E-state index in [0.717, 1.165) is 37.5 Å². The third-order valence-corrected chi connectivity index (χ3v) is 3.67. The van der Waals surface area contributed by atoms with Crippen LogP contribution >= 0.6 is 0 Å². The Morgan fingerprint density at radius 2 is 1.64 bits per heavy atom. The number of halogens is 1. The van der Waals surface area contributed by atoms with Crippen LogP contribution in [-0.4, -0.2) is 0 Å². The summed E-state index contributed by atoms with van der Waals surface area (Å²) < 4.78 is 13.4. The van der Waals surface area contributed by atoms with E-state index in [1.54, 1.807) is 0 Å². The Balaban J connectivity index is 1.91. The van der Waals surface area contributed by atoms with Gasteiger partial charge in [-0.1, -0.05) is 0 Å². The van der Waals surface area contributed by atoms with E-state index < -0.39 is 0 Å². The molecule has 0 aromatic heterocycles. The summed E-state index contributed by atoms with van der Waals surface area (Å²) in [5.74, 6) is 3.27. The molecule has 4 saturated carbocycles. The van der Waals surface area contributed by atoms with E-state index in [-0.39, 0.29) is 6.17 Å². The molecule has 0 N–H and O–H groups in total. The Hall–Kier alpha value is -0.0700. The van der Waals surface area contributed by atoms with Gasteiger partial charge in [-0.05, 0) is 49.9 Å². The quantitative estimate of drug-likeness (QED) is 0.500. The average Bonchev–Trinajstić information content (AvgIpc) is 1.98. The summed E-state index contributed by atoms with van der Waals surface area (Å²) in [4.78, 5) is 0. The van der Waals surface area contributed by atoms with E-state index in [9.17, 15) is 4.39 Å². The minimum absolute atomic E-state index is 0.289. The van der Waals surface area contributed by atoms with E-state index in [4.69, 9.17) is 0 Å². The Morgan fingerprint density at radius 3 is 2.18 bits per heavy atom. The fourth-order valence-corrected chi connectivity index (χ4v) is 3.37. The summed E-state index contributed by atoms with van der Waals surface area (Å²) in [6.45, 7) is 0. The minimum Gasteiger partial charge on any atom is -0.239 e. The first-order valence-electron chi connectivity index (χ1n) is 4.70. The lowest BCUT2D eigenvalue weighted by Gasteiger charge is -2.50. The molecule has 0 aliphatic heterocycles. The standard InChI is InChI=1S/C10H13F/c11-10-8-2-6-1-7(4-8)5-9(10)3-6/h6-8H,1-5H2. The normalized spacial score (nSPS) is 50.5. The van der Waals surface area contributed by atoms with Gasteiger partial charge in [0, 0.05) is 5.92 Å². The zero-order valence-electron chi connectivity index (χ0n) is 6.65. The van der Waals surface area contributed by atoms with Crippen molar-refractivity contribution in [2.75, 3.05) is 0 Å². The molecule has 4 aliphatic carbocycles. The Bertz CT molecular complexity index is 148. The van der Waals surface area contributed by atoms with Gasteiger partial charge in [0.05, 0.1) is 0 Å². The van der Waals surface area contributed by atoms with Crippen molar-refractivity contribution >= 4 is 0 Å². The summed E-state index contributed by atoms with van der Waals surface area (Å²) in [7, 11) is 0. The van der Waals surface area contributed by atoms with Gasteiger partial charge < -0.3 is 0 Å². The monoisotopic (exact) mass is 152 g/mol. The van der Waals surface area contributed by atoms with Crippen molar-refractivity contribution < 1.29 is 4.39 Å². The molecular weight excluding hydrogens is 139 g/mol. The fraction of sp³-hybridized carbons (Fsp3) is 0.800. The van der Waals surface area contributed by atoms with Crippen molar-refractivity contribution in [3.05, 3.63) is 12.1 Å². The van der Waals surface area contributed by atoms with Gasteiger partial charge in [0.1, 0.15) is 0 Å². The molecule has 0 spiro atoms. The summed E-state index contributed by atoms with van der Waals surface area (Å²) >= 11 is 0. The van der Waals surface area contributed by atoms with Crippen LogP contribution in [0.1, 0.15) is 32.1 Å². The van der Waals surface area contributed by atoms with Crippen LogP contribution in [0.15, 0.2) is 0 Å². The van der Waals surface area contributed by atoms with Gasteiger partial charge in [0.15, 0.2) is 6.17 Å². The van der Waals surface area contributed by atoms with Crippen LogP contribution in [0.2, 0.25) is 0 Å². The largest absolute Gasteiger partial charge is 0.239 e. The molecule has 4 bridgehead atoms. The summed E-state index contributed by atoms with van der Waals surface area (Å²) in [5, 5.41) is 0. The Kier molecular flexibility index (Phi) is 1.17. The maximum atomic E-state index is 13.4. The lowest BCUT2D eigenvalue weighted by atomic mass is 9.55. The van der Waals surface area contributed by atoms with Crippen molar-refractivity contribution in [2.45, 2.75) is 32.1 Å². The highest BCUT2D eigenvalue weighted by Crippen LogP contribution is 2.58. The van der Waals surface area contributed by atoms with Crippen molar-refractivity contribution in [2.24, 2.45) is 17.8 Å². The zero-order valence-corrected chi connectivity index (χ0v) is 6.65. The molecule has 0 amide bonds. The molecule has 2 radical (unpaired) electrons. The molecule has 0 nitrogen and oxygen atoms in total. The maximum Gasteiger partial charge on any atom is 0.154 e. The van der Waals surface area contributed by atoms with Crippen molar-refractivity contribution in [1.82, 2.24) is 0 Å². The topological polar surface area (TPSA) is 0 Å². The SMILES string of the molecule is F[C]1[C]2CC3CC(C2)CC1C3. The molecule has 4 fully saturated rings. The van der Waals surface area contributed by atoms with Crippen LogP contribution in [0.4, 0.5) is 4.39 Å². The molecule has 1 heteroatoms. The molecule has 2 unspecified atom stereocenters. The molecule has 0 saturated heterocycles. The fourth-order valence-electron chi connectivity index (χ4n) is 3.37. The van der Waals surface area contributed by atoms with Gasteiger partial charge in [0.25, 0.3) is 0 Å². The zero-order chi connectivity index (χ0) is 7.42. The Labute approximate surface area is 67.2 Å². The number of rotatable bonds is 0. The molecule has 0 heterocycles. The maximum absolute atomic E-state index is 13.4. The van der Waals surface area contributed by atoms with Crippen LogP contribution in [0.25, 0.3) is 0 Å². The van der Waals surface area contributed by atoms with E-state index >= 15 is 0 Å². The van der Waals surface area contributed by atoms with Crippen LogP contribution in [0.3, 0.4) is 0 Å². The predicted molar refractivity (Wildman–Crippen MR) is 41.1 cm³/mol. The highest BCUT2D eigenvalue weighted by molar-refractivity contribution is 5.23. The first kappa shape index (κ1) is 6.45. The first-order chi connectivity index (χ1) is 5.33. The molecule has 11 heavy (non-hydrogen) atoms. The minimum atomic E-state index is 0.289. The molecule has 4 aliphatic rings. The van der Waals surface area contributed by atoms with Gasteiger partial charge in [-0.3, -0.25) is 0 Å². The van der Waals surface area contributed by atoms with Crippen LogP contribution in [0.5, 0.6) is 0 Å². The van der Waals surface area contributed by atoms with Crippen LogP contribution in [0, 0.1) is 29.8 Å². The average molecular weight is 152 g/mol. The lowest BCUT2D eigenvalue weighted by molar-refractivity contribution is 0.0746. The first-order valence-corrected chi connectivity index (χ1v) is 4.70. The molecule has 4 rings (SSSR count). The van der Waals surface area contributed by atoms with Gasteiger partial charge in [-0.15, -0.1) is 0 Å². The van der Waals surface area contributed by atoms with Crippen molar-refractivity contribution in [3.8, 4) is 0 Å². The van der Waals surface area contributed by atoms with Gasteiger partial charge in [-0.25, -0.2) is 4.39 Å². The molecule has 60 valence electrons. The number of hydrogen-bond acceptors (Lipinski definition) is 0. The predicted octanol–water partition coefficient (Wildman–Crippen LogP) is 2.90. The van der Waals surface area contributed by atoms with Gasteiger partial charge >= 0.3 is 0 Å². The van der Waals surface area contributed by atoms with Crippen LogP contribution < -0.4 is 0 Å². The smallest absolute Gasteiger partial charge is 0.154 e. The van der Waals surface area contributed by atoms with Crippen molar-refractivity contribution in [1.29, 1.82) is 0 Å². The van der Waals surface area contributed by atoms with Gasteiger partial charge in [-0.2, -0.15) is 0 Å². The third-order valence-electron chi connectivity index (χ3n) is 3.67. The summed E-state index contributed by atoms with van der Waals surface area (Å²) in [6, 6.07) is 0. The molecule has 0 aromatic carbocycles. The summed E-state index contributed by atoms with van der Waals surface area (Å²) in [5.41, 5.74) is 0. The second-order valence-corrected chi connectivity index (χ2v) is 4.50. The highest BCUT2D eigenvalue weighted by atomic mass is 19.1. The Morgan fingerprint density at radius 1 is 1.00 bits per heavy atom. The van der Waals surface area contributed by atoms with E-state index in [0.29, 0.717) is 5.92 Å². The van der Waals surface area contributed by atoms with Gasteiger partial charge in [0.2, 0.25) is 0 Å². The van der Waals surface area contributed by atoms with E-state index in [1.807, 2.05) is 0 Å². The number of hydrogen-bond donors (Lipinski definition) is 0. The highest BCUT2D eigenvalue weighted by Gasteiger charge is 2.49. The molecule has 2 atom stereocenters. The van der Waals surface area contributed by atoms with E-state index in [1.165, 1.54) is 12.3 Å². The van der Waals surface area contributed by atoms with Crippen LogP contribution in [-0.2, 0) is 0 Å². The molecule has 0 aromatic rings. The molecular formula is C10H13F. The lowest BCUT2D eigenvalue weighted by Crippen LogP contribution is -2.41. The second kappa shape index (κ2) is 1.99.